The molecule has 0 radical (unpaired) electrons. The van der Waals surface area contributed by atoms with Crippen LogP contribution in [-0.4, -0.2) is 11.4 Å². The van der Waals surface area contributed by atoms with E-state index in [4.69, 9.17) is 5.73 Å². The smallest absolute Gasteiger partial charge is 0.159 e. The fourth-order valence-electron chi connectivity index (χ4n) is 2.31. The Bertz CT molecular complexity index is 582. The zero-order chi connectivity index (χ0) is 15.2. The number of anilines is 1. The molecule has 0 aliphatic carbocycles. The van der Waals surface area contributed by atoms with Crippen molar-refractivity contribution in [3.05, 3.63) is 65.2 Å². The second-order valence-corrected chi connectivity index (χ2v) is 5.20. The Kier molecular flexibility index (Phi) is 5.28. The van der Waals surface area contributed by atoms with Crippen LogP contribution in [0.3, 0.4) is 0 Å². The van der Waals surface area contributed by atoms with E-state index in [2.05, 4.69) is 11.8 Å². The largest absolute Gasteiger partial charge is 0.399 e. The number of rotatable bonds is 6. The average molecular weight is 290 g/mol. The molecule has 0 spiro atoms. The quantitative estimate of drug-likeness (QED) is 0.816. The fourth-order valence-corrected chi connectivity index (χ4v) is 2.31. The van der Waals surface area contributed by atoms with Gasteiger partial charge in [-0.15, -0.1) is 0 Å². The Morgan fingerprint density at radius 2 is 1.52 bits per heavy atom. The van der Waals surface area contributed by atoms with E-state index in [1.54, 1.807) is 6.07 Å². The van der Waals surface area contributed by atoms with Gasteiger partial charge in [0, 0.05) is 18.8 Å². The molecule has 0 heterocycles. The number of halogens is 2. The van der Waals surface area contributed by atoms with Gasteiger partial charge in [0.15, 0.2) is 11.6 Å². The normalized spacial score (nSPS) is 11.0. The summed E-state index contributed by atoms with van der Waals surface area (Å²) in [5, 5.41) is 0. The molecule has 0 aliphatic rings. The molecule has 2 aromatic rings. The van der Waals surface area contributed by atoms with Gasteiger partial charge in [-0.2, -0.15) is 0 Å². The Morgan fingerprint density at radius 3 is 2.14 bits per heavy atom. The van der Waals surface area contributed by atoms with Gasteiger partial charge in [0.1, 0.15) is 0 Å². The van der Waals surface area contributed by atoms with Crippen molar-refractivity contribution in [2.45, 2.75) is 26.4 Å². The summed E-state index contributed by atoms with van der Waals surface area (Å²) in [5.41, 5.74) is 8.35. The Balaban J connectivity index is 2.07. The number of nitrogens with two attached hydrogens (primary N) is 1. The van der Waals surface area contributed by atoms with E-state index in [1.165, 1.54) is 12.1 Å². The Labute approximate surface area is 124 Å². The van der Waals surface area contributed by atoms with Crippen molar-refractivity contribution >= 4 is 5.69 Å². The third-order valence-electron chi connectivity index (χ3n) is 3.32. The van der Waals surface area contributed by atoms with Gasteiger partial charge in [-0.05, 0) is 48.4 Å². The van der Waals surface area contributed by atoms with E-state index in [0.717, 1.165) is 36.3 Å². The van der Waals surface area contributed by atoms with Crippen LogP contribution in [0.1, 0.15) is 24.5 Å². The van der Waals surface area contributed by atoms with Crippen molar-refractivity contribution < 1.29 is 8.78 Å². The van der Waals surface area contributed by atoms with E-state index in [0.29, 0.717) is 6.54 Å². The summed E-state index contributed by atoms with van der Waals surface area (Å²) in [6.07, 6.45) is 0.999. The molecule has 0 bridgehead atoms. The maximum atomic E-state index is 13.3. The summed E-state index contributed by atoms with van der Waals surface area (Å²) in [5.74, 6) is -1.60. The molecule has 0 saturated heterocycles. The molecule has 0 fully saturated rings. The van der Waals surface area contributed by atoms with Gasteiger partial charge in [0.2, 0.25) is 0 Å². The summed E-state index contributed by atoms with van der Waals surface area (Å²) >= 11 is 0. The van der Waals surface area contributed by atoms with Gasteiger partial charge in [-0.25, -0.2) is 8.78 Å². The van der Waals surface area contributed by atoms with Crippen LogP contribution in [0.25, 0.3) is 0 Å². The molecule has 2 nitrogen and oxygen atoms in total. The molecule has 112 valence electrons. The number of hydrogen-bond donors (Lipinski definition) is 1. The van der Waals surface area contributed by atoms with Crippen molar-refractivity contribution in [2.24, 2.45) is 0 Å². The monoisotopic (exact) mass is 290 g/mol. The van der Waals surface area contributed by atoms with Gasteiger partial charge >= 0.3 is 0 Å². The first kappa shape index (κ1) is 15.4. The second kappa shape index (κ2) is 7.18. The van der Waals surface area contributed by atoms with Crippen LogP contribution < -0.4 is 5.73 Å². The van der Waals surface area contributed by atoms with Gasteiger partial charge in [-0.3, -0.25) is 4.90 Å². The zero-order valence-corrected chi connectivity index (χ0v) is 12.2. The molecule has 2 N–H and O–H groups in total. The highest BCUT2D eigenvalue weighted by atomic mass is 19.2. The molecule has 2 rings (SSSR count). The van der Waals surface area contributed by atoms with Crippen molar-refractivity contribution in [2.75, 3.05) is 12.3 Å². The van der Waals surface area contributed by atoms with E-state index in [1.807, 2.05) is 24.3 Å². The lowest BCUT2D eigenvalue weighted by molar-refractivity contribution is 0.257. The van der Waals surface area contributed by atoms with Crippen LogP contribution in [0.4, 0.5) is 14.5 Å². The molecule has 0 unspecified atom stereocenters. The van der Waals surface area contributed by atoms with Crippen molar-refractivity contribution in [3.8, 4) is 0 Å². The van der Waals surface area contributed by atoms with Crippen molar-refractivity contribution in [1.82, 2.24) is 4.90 Å². The highest BCUT2D eigenvalue weighted by molar-refractivity contribution is 5.39. The Hall–Kier alpha value is -1.94. The lowest BCUT2D eigenvalue weighted by atomic mass is 10.1. The maximum Gasteiger partial charge on any atom is 0.159 e. The zero-order valence-electron chi connectivity index (χ0n) is 12.2. The van der Waals surface area contributed by atoms with E-state index in [9.17, 15) is 8.78 Å². The predicted molar refractivity (Wildman–Crippen MR) is 81.6 cm³/mol. The van der Waals surface area contributed by atoms with Crippen molar-refractivity contribution in [3.63, 3.8) is 0 Å². The second-order valence-electron chi connectivity index (χ2n) is 5.20. The minimum atomic E-state index is -0.806. The topological polar surface area (TPSA) is 29.3 Å². The van der Waals surface area contributed by atoms with E-state index >= 15 is 0 Å². The Morgan fingerprint density at radius 1 is 0.905 bits per heavy atom. The van der Waals surface area contributed by atoms with Gasteiger partial charge < -0.3 is 5.73 Å². The molecule has 2 aromatic carbocycles. The number of hydrogen-bond acceptors (Lipinski definition) is 2. The van der Waals surface area contributed by atoms with Crippen LogP contribution in [0.2, 0.25) is 0 Å². The molecule has 0 saturated carbocycles. The molecule has 0 atom stereocenters. The SMILES string of the molecule is CCCN(Cc1ccc(N)cc1)Cc1ccc(F)c(F)c1. The number of nitrogen functional groups attached to an aromatic ring is 1. The summed E-state index contributed by atoms with van der Waals surface area (Å²) in [7, 11) is 0. The summed E-state index contributed by atoms with van der Waals surface area (Å²) < 4.78 is 26.2. The van der Waals surface area contributed by atoms with Crippen LogP contribution in [0.5, 0.6) is 0 Å². The highest BCUT2D eigenvalue weighted by Crippen LogP contribution is 2.14. The van der Waals surface area contributed by atoms with Crippen LogP contribution >= 0.6 is 0 Å². The van der Waals surface area contributed by atoms with Gasteiger partial charge in [0.25, 0.3) is 0 Å². The lowest BCUT2D eigenvalue weighted by Gasteiger charge is -2.22. The molecule has 4 heteroatoms. The van der Waals surface area contributed by atoms with Crippen LogP contribution in [-0.2, 0) is 13.1 Å². The molecule has 0 amide bonds. The summed E-state index contributed by atoms with van der Waals surface area (Å²) in [6.45, 7) is 4.34. The fraction of sp³-hybridized carbons (Fsp3) is 0.294. The summed E-state index contributed by atoms with van der Waals surface area (Å²) in [4.78, 5) is 2.21. The van der Waals surface area contributed by atoms with Crippen LogP contribution in [0, 0.1) is 11.6 Å². The standard InChI is InChI=1S/C17H20F2N2/c1-2-9-21(11-13-3-6-15(20)7-4-13)12-14-5-8-16(18)17(19)10-14/h3-8,10H,2,9,11-12,20H2,1H3. The maximum absolute atomic E-state index is 13.3. The third-order valence-corrected chi connectivity index (χ3v) is 3.32. The minimum absolute atomic E-state index is 0.593. The van der Waals surface area contributed by atoms with Crippen LogP contribution in [0.15, 0.2) is 42.5 Å². The average Bonchev–Trinajstić information content (AvgIpc) is 2.46. The molecular formula is C17H20F2N2. The molecular weight excluding hydrogens is 270 g/mol. The predicted octanol–water partition coefficient (Wildman–Crippen LogP) is 3.96. The first-order chi connectivity index (χ1) is 10.1. The van der Waals surface area contributed by atoms with E-state index < -0.39 is 11.6 Å². The lowest BCUT2D eigenvalue weighted by Crippen LogP contribution is -2.23. The molecule has 0 aromatic heterocycles. The molecule has 21 heavy (non-hydrogen) atoms. The number of nitrogens with zero attached hydrogens (tertiary/aromatic N) is 1. The van der Waals surface area contributed by atoms with Crippen molar-refractivity contribution in [1.29, 1.82) is 0 Å². The minimum Gasteiger partial charge on any atom is -0.399 e. The first-order valence-electron chi connectivity index (χ1n) is 7.09. The first-order valence-corrected chi connectivity index (χ1v) is 7.09. The molecule has 0 aliphatic heterocycles. The van der Waals surface area contributed by atoms with Gasteiger partial charge in [0.05, 0.1) is 0 Å². The van der Waals surface area contributed by atoms with E-state index in [-0.39, 0.29) is 0 Å². The third kappa shape index (κ3) is 4.53. The summed E-state index contributed by atoms with van der Waals surface area (Å²) in [6, 6.07) is 11.8. The van der Waals surface area contributed by atoms with Gasteiger partial charge in [-0.1, -0.05) is 25.1 Å². The highest BCUT2D eigenvalue weighted by Gasteiger charge is 2.09. The number of benzene rings is 2.